The molecule has 3 rings (SSSR count). The van der Waals surface area contributed by atoms with Gasteiger partial charge in [-0.2, -0.15) is 0 Å². The molecule has 0 aromatic carbocycles. The third kappa shape index (κ3) is 5.84. The molecule has 1 saturated heterocycles. The second kappa shape index (κ2) is 9.76. The average molecular weight is 379 g/mol. The molecule has 0 aromatic rings. The summed E-state index contributed by atoms with van der Waals surface area (Å²) in [5.41, 5.74) is 6.08. The number of nitrogens with one attached hydrogen (secondary N) is 2. The van der Waals surface area contributed by atoms with Crippen molar-refractivity contribution in [3.63, 3.8) is 0 Å². The Hall–Kier alpha value is -1.30. The zero-order valence-electron chi connectivity index (χ0n) is 16.8. The minimum Gasteiger partial charge on any atom is -0.343 e. The van der Waals surface area contributed by atoms with Gasteiger partial charge in [0.1, 0.15) is 0 Å². The van der Waals surface area contributed by atoms with Gasteiger partial charge in [0, 0.05) is 31.6 Å². The summed E-state index contributed by atoms with van der Waals surface area (Å²) < 4.78 is 0. The molecular formula is C21H38N4O2. The Balaban J connectivity index is 1.38. The van der Waals surface area contributed by atoms with Gasteiger partial charge in [0.2, 0.25) is 5.91 Å². The quantitative estimate of drug-likeness (QED) is 0.687. The van der Waals surface area contributed by atoms with Crippen LogP contribution in [0.5, 0.6) is 0 Å². The Morgan fingerprint density at radius 2 is 1.41 bits per heavy atom. The molecule has 0 unspecified atom stereocenters. The first-order chi connectivity index (χ1) is 13.1. The number of likely N-dealkylation sites (tertiary alicyclic amines) is 1. The summed E-state index contributed by atoms with van der Waals surface area (Å²) in [5, 5.41) is 6.24. The minimum atomic E-state index is -0.0315. The summed E-state index contributed by atoms with van der Waals surface area (Å²) in [6, 6.07) is 0.482. The molecule has 3 amide bonds. The molecule has 6 nitrogen and oxygen atoms in total. The van der Waals surface area contributed by atoms with E-state index < -0.39 is 0 Å². The van der Waals surface area contributed by atoms with Crippen molar-refractivity contribution in [1.29, 1.82) is 0 Å². The van der Waals surface area contributed by atoms with E-state index in [1.165, 1.54) is 38.5 Å². The van der Waals surface area contributed by atoms with E-state index >= 15 is 0 Å². The van der Waals surface area contributed by atoms with Crippen molar-refractivity contribution in [3.8, 4) is 0 Å². The van der Waals surface area contributed by atoms with E-state index in [1.807, 2.05) is 4.90 Å². The van der Waals surface area contributed by atoms with Crippen LogP contribution in [0.4, 0.5) is 4.79 Å². The van der Waals surface area contributed by atoms with Gasteiger partial charge in [-0.15, -0.1) is 0 Å². The van der Waals surface area contributed by atoms with Crippen LogP contribution >= 0.6 is 0 Å². The molecule has 3 aliphatic rings. The van der Waals surface area contributed by atoms with E-state index in [0.29, 0.717) is 19.0 Å². The lowest BCUT2D eigenvalue weighted by Gasteiger charge is -2.39. The molecule has 0 radical (unpaired) electrons. The molecule has 1 heterocycles. The Morgan fingerprint density at radius 3 is 2.00 bits per heavy atom. The maximum absolute atomic E-state index is 12.8. The van der Waals surface area contributed by atoms with Crippen LogP contribution in [0.3, 0.4) is 0 Å². The topological polar surface area (TPSA) is 87.5 Å². The van der Waals surface area contributed by atoms with Crippen molar-refractivity contribution in [3.05, 3.63) is 0 Å². The number of carbonyl (C=O) groups is 2. The summed E-state index contributed by atoms with van der Waals surface area (Å²) in [5.74, 6) is 0.257. The zero-order valence-corrected chi connectivity index (χ0v) is 16.8. The summed E-state index contributed by atoms with van der Waals surface area (Å²) in [4.78, 5) is 27.0. The molecule has 0 aromatic heterocycles. The van der Waals surface area contributed by atoms with Gasteiger partial charge in [-0.1, -0.05) is 38.5 Å². The molecule has 1 aliphatic heterocycles. The van der Waals surface area contributed by atoms with E-state index in [1.54, 1.807) is 0 Å². The van der Waals surface area contributed by atoms with Crippen LogP contribution in [0.2, 0.25) is 0 Å². The molecule has 3 fully saturated rings. The fourth-order valence-electron chi connectivity index (χ4n) is 5.12. The molecule has 0 bridgehead atoms. The summed E-state index contributed by atoms with van der Waals surface area (Å²) >= 11 is 0. The summed E-state index contributed by atoms with van der Waals surface area (Å²) in [6.45, 7) is 2.11. The maximum Gasteiger partial charge on any atom is 0.315 e. The molecule has 2 saturated carbocycles. The van der Waals surface area contributed by atoms with Gasteiger partial charge in [-0.05, 0) is 50.5 Å². The number of hydrogen-bond acceptors (Lipinski definition) is 3. The highest BCUT2D eigenvalue weighted by Crippen LogP contribution is 2.39. The second-order valence-corrected chi connectivity index (χ2v) is 9.05. The first-order valence-corrected chi connectivity index (χ1v) is 11.2. The monoisotopic (exact) mass is 378 g/mol. The van der Waals surface area contributed by atoms with E-state index in [2.05, 4.69) is 10.6 Å². The molecule has 4 N–H and O–H groups in total. The van der Waals surface area contributed by atoms with Crippen LogP contribution < -0.4 is 16.4 Å². The third-order valence-electron chi connectivity index (χ3n) is 7.00. The zero-order chi connectivity index (χ0) is 19.1. The van der Waals surface area contributed by atoms with Crippen LogP contribution in [0.1, 0.15) is 83.5 Å². The van der Waals surface area contributed by atoms with Crippen LogP contribution in [-0.4, -0.2) is 48.6 Å². The fraction of sp³-hybridized carbons (Fsp3) is 0.905. The molecule has 0 atom stereocenters. The maximum atomic E-state index is 12.8. The highest BCUT2D eigenvalue weighted by atomic mass is 16.2. The van der Waals surface area contributed by atoms with E-state index in [9.17, 15) is 9.59 Å². The SMILES string of the molecule is NCC1(CC(=O)N2CCC(NC(=O)NC3CCCCC3)CC2)CCCCC1. The van der Waals surface area contributed by atoms with Crippen molar-refractivity contribution in [2.24, 2.45) is 11.1 Å². The van der Waals surface area contributed by atoms with Crippen molar-refractivity contribution in [1.82, 2.24) is 15.5 Å². The summed E-state index contributed by atoms with van der Waals surface area (Å²) in [7, 11) is 0. The Labute approximate surface area is 164 Å². The largest absolute Gasteiger partial charge is 0.343 e. The number of rotatable bonds is 5. The number of carbonyl (C=O) groups excluding carboxylic acids is 2. The first-order valence-electron chi connectivity index (χ1n) is 11.2. The predicted molar refractivity (Wildman–Crippen MR) is 107 cm³/mol. The van der Waals surface area contributed by atoms with Crippen LogP contribution in [0.25, 0.3) is 0 Å². The van der Waals surface area contributed by atoms with Gasteiger partial charge in [0.15, 0.2) is 0 Å². The lowest BCUT2D eigenvalue weighted by molar-refractivity contribution is -0.135. The predicted octanol–water partition coefficient (Wildman–Crippen LogP) is 2.91. The van der Waals surface area contributed by atoms with Crippen LogP contribution in [-0.2, 0) is 4.79 Å². The normalized spacial score (nSPS) is 24.4. The van der Waals surface area contributed by atoms with Gasteiger partial charge in [0.25, 0.3) is 0 Å². The van der Waals surface area contributed by atoms with E-state index in [4.69, 9.17) is 5.73 Å². The van der Waals surface area contributed by atoms with Gasteiger partial charge < -0.3 is 21.3 Å². The van der Waals surface area contributed by atoms with Gasteiger partial charge >= 0.3 is 6.03 Å². The van der Waals surface area contributed by atoms with E-state index in [0.717, 1.165) is 51.6 Å². The highest BCUT2D eigenvalue weighted by molar-refractivity contribution is 5.77. The van der Waals surface area contributed by atoms with Crippen LogP contribution in [0.15, 0.2) is 0 Å². The standard InChI is InChI=1S/C21H38N4O2/c22-16-21(11-5-2-6-12-21)15-19(26)25-13-9-18(10-14-25)24-20(27)23-17-7-3-1-4-8-17/h17-18H,1-16,22H2,(H2,23,24,27). The molecule has 2 aliphatic carbocycles. The number of amides is 3. The molecule has 0 spiro atoms. The third-order valence-corrected chi connectivity index (χ3v) is 7.00. The van der Waals surface area contributed by atoms with Crippen LogP contribution in [0, 0.1) is 5.41 Å². The highest BCUT2D eigenvalue weighted by Gasteiger charge is 2.35. The molecular weight excluding hydrogens is 340 g/mol. The number of nitrogens with two attached hydrogens (primary N) is 1. The number of nitrogens with zero attached hydrogens (tertiary/aromatic N) is 1. The Kier molecular flexibility index (Phi) is 7.39. The van der Waals surface area contributed by atoms with Crippen molar-refractivity contribution >= 4 is 11.9 Å². The van der Waals surface area contributed by atoms with E-state index in [-0.39, 0.29) is 23.4 Å². The lowest BCUT2D eigenvalue weighted by atomic mass is 9.71. The van der Waals surface area contributed by atoms with Crippen molar-refractivity contribution < 1.29 is 9.59 Å². The molecule has 27 heavy (non-hydrogen) atoms. The lowest BCUT2D eigenvalue weighted by Crippen LogP contribution is -2.51. The minimum absolute atomic E-state index is 0.0315. The second-order valence-electron chi connectivity index (χ2n) is 9.05. The average Bonchev–Trinajstić information content (AvgIpc) is 2.70. The Bertz CT molecular complexity index is 490. The van der Waals surface area contributed by atoms with Gasteiger partial charge in [0.05, 0.1) is 0 Å². The van der Waals surface area contributed by atoms with Gasteiger partial charge in [-0.3, -0.25) is 4.79 Å². The fourth-order valence-corrected chi connectivity index (χ4v) is 5.12. The van der Waals surface area contributed by atoms with Gasteiger partial charge in [-0.25, -0.2) is 4.79 Å². The van der Waals surface area contributed by atoms with Crippen molar-refractivity contribution in [2.75, 3.05) is 19.6 Å². The number of urea groups is 1. The first kappa shape index (κ1) is 20.4. The van der Waals surface area contributed by atoms with Crippen molar-refractivity contribution in [2.45, 2.75) is 95.6 Å². The summed E-state index contributed by atoms with van der Waals surface area (Å²) in [6.07, 6.45) is 14.1. The smallest absolute Gasteiger partial charge is 0.315 e. The number of hydrogen-bond donors (Lipinski definition) is 3. The number of piperidine rings is 1. The molecule has 154 valence electrons. The molecule has 6 heteroatoms. The Morgan fingerprint density at radius 1 is 0.852 bits per heavy atom.